The van der Waals surface area contributed by atoms with Crippen LogP contribution in [0.2, 0.25) is 14.8 Å². The minimum atomic E-state index is -1.37. The molecule has 0 aromatic carbocycles. The molecule has 1 saturated heterocycles. The van der Waals surface area contributed by atoms with E-state index in [-0.39, 0.29) is 0 Å². The first-order valence-corrected chi connectivity index (χ1v) is 13.9. The summed E-state index contributed by atoms with van der Waals surface area (Å²) < 4.78 is 1.48. The van der Waals surface area contributed by atoms with Gasteiger partial charge in [-0.3, -0.25) is 0 Å². The number of hydrogen-bond donors (Lipinski definition) is 0. The Morgan fingerprint density at radius 2 is 1.75 bits per heavy atom. The summed E-state index contributed by atoms with van der Waals surface area (Å²) in [6.45, 7) is 2.77. The molecular weight excluding hydrogens is 205 g/mol. The number of rotatable bonds is 2. The first-order chi connectivity index (χ1) is 3.58. The van der Waals surface area contributed by atoms with Gasteiger partial charge in [0.2, 0.25) is 0 Å². The van der Waals surface area contributed by atoms with Gasteiger partial charge in [-0.25, -0.2) is 0 Å². The van der Waals surface area contributed by atoms with E-state index < -0.39 is 18.4 Å². The fraction of sp³-hybridized carbons (Fsp3) is 1.00. The Balaban J connectivity index is 2.16. The van der Waals surface area contributed by atoms with E-state index in [0.29, 0.717) is 0 Å². The monoisotopic (exact) mass is 221 g/mol. The van der Waals surface area contributed by atoms with Gasteiger partial charge in [0.25, 0.3) is 0 Å². The zero-order valence-electron chi connectivity index (χ0n) is 6.07. The molecule has 0 unspecified atom stereocenters. The predicted molar refractivity (Wildman–Crippen MR) is 39.8 cm³/mol. The fourth-order valence-corrected chi connectivity index (χ4v) is 5.63. The van der Waals surface area contributed by atoms with Crippen molar-refractivity contribution >= 4 is 18.4 Å². The summed E-state index contributed by atoms with van der Waals surface area (Å²) in [7, 11) is 0. The van der Waals surface area contributed by atoms with Gasteiger partial charge < -0.3 is 0 Å². The SMILES string of the molecule is [CH3][Sn]([CH3])([CH3])[CH2]N1CC1. The second-order valence-corrected chi connectivity index (χ2v) is 19.4. The van der Waals surface area contributed by atoms with Crippen LogP contribution in [0.25, 0.3) is 0 Å². The molecule has 1 heterocycles. The van der Waals surface area contributed by atoms with E-state index in [1.54, 1.807) is 0 Å². The first kappa shape index (κ1) is 6.87. The van der Waals surface area contributed by atoms with Crippen molar-refractivity contribution in [3.8, 4) is 0 Å². The third-order valence-corrected chi connectivity index (χ3v) is 5.22. The predicted octanol–water partition coefficient (Wildman–Crippen LogP) is 1.18. The summed E-state index contributed by atoms with van der Waals surface area (Å²) in [5.41, 5.74) is 0. The van der Waals surface area contributed by atoms with Crippen molar-refractivity contribution in [2.45, 2.75) is 14.8 Å². The summed E-state index contributed by atoms with van der Waals surface area (Å²) in [6, 6.07) is 0. The van der Waals surface area contributed by atoms with Gasteiger partial charge in [-0.2, -0.15) is 0 Å². The topological polar surface area (TPSA) is 3.01 Å². The molecule has 0 aromatic rings. The molecule has 0 aromatic heterocycles. The molecule has 2 heteroatoms. The van der Waals surface area contributed by atoms with Crippen LogP contribution in [0.4, 0.5) is 0 Å². The van der Waals surface area contributed by atoms with Gasteiger partial charge in [-0.1, -0.05) is 0 Å². The van der Waals surface area contributed by atoms with Crippen LogP contribution in [0.15, 0.2) is 0 Å². The van der Waals surface area contributed by atoms with Crippen LogP contribution in [0.1, 0.15) is 0 Å². The second kappa shape index (κ2) is 2.18. The maximum atomic E-state index is 2.55. The maximum absolute atomic E-state index is 2.55. The van der Waals surface area contributed by atoms with Crippen LogP contribution in [0, 0.1) is 0 Å². The fourth-order valence-electron chi connectivity index (χ4n) is 0.900. The zero-order valence-corrected chi connectivity index (χ0v) is 8.92. The normalized spacial score (nSPS) is 21.4. The molecule has 0 saturated carbocycles. The zero-order chi connectivity index (χ0) is 6.20. The van der Waals surface area contributed by atoms with Gasteiger partial charge in [0.15, 0.2) is 0 Å². The van der Waals surface area contributed by atoms with Crippen molar-refractivity contribution in [1.82, 2.24) is 4.90 Å². The second-order valence-electron chi connectivity index (χ2n) is 3.84. The van der Waals surface area contributed by atoms with E-state index in [4.69, 9.17) is 0 Å². The van der Waals surface area contributed by atoms with Crippen LogP contribution in [0.5, 0.6) is 0 Å². The average Bonchev–Trinajstić information content (AvgIpc) is 2.12. The Morgan fingerprint density at radius 3 is 1.88 bits per heavy atom. The van der Waals surface area contributed by atoms with Crippen molar-refractivity contribution in [3.63, 3.8) is 0 Å². The summed E-state index contributed by atoms with van der Waals surface area (Å²) in [4.78, 5) is 10.0. The number of hydrogen-bond acceptors (Lipinski definition) is 1. The number of nitrogens with zero attached hydrogens (tertiary/aromatic N) is 1. The Labute approximate surface area is 55.9 Å². The Kier molecular flexibility index (Phi) is 1.87. The molecule has 1 aliphatic heterocycles. The Hall–Kier alpha value is 0.759. The van der Waals surface area contributed by atoms with Gasteiger partial charge in [-0.05, 0) is 0 Å². The van der Waals surface area contributed by atoms with E-state index in [0.717, 1.165) is 0 Å². The van der Waals surface area contributed by atoms with Gasteiger partial charge >= 0.3 is 55.7 Å². The molecule has 1 nitrogen and oxygen atoms in total. The van der Waals surface area contributed by atoms with E-state index in [2.05, 4.69) is 19.7 Å². The van der Waals surface area contributed by atoms with E-state index in [9.17, 15) is 0 Å². The van der Waals surface area contributed by atoms with Crippen LogP contribution < -0.4 is 0 Å². The van der Waals surface area contributed by atoms with Crippen LogP contribution in [-0.4, -0.2) is 40.9 Å². The van der Waals surface area contributed by atoms with E-state index in [1.165, 1.54) is 17.7 Å². The van der Waals surface area contributed by atoms with Crippen molar-refractivity contribution in [3.05, 3.63) is 0 Å². The van der Waals surface area contributed by atoms with Crippen molar-refractivity contribution in [2.24, 2.45) is 0 Å². The van der Waals surface area contributed by atoms with E-state index >= 15 is 0 Å². The van der Waals surface area contributed by atoms with E-state index in [1.807, 2.05) is 0 Å². The summed E-state index contributed by atoms with van der Waals surface area (Å²) in [6.07, 6.45) is 0. The van der Waals surface area contributed by atoms with Gasteiger partial charge in [0, 0.05) is 0 Å². The molecule has 0 bridgehead atoms. The average molecular weight is 220 g/mol. The molecule has 0 N–H and O–H groups in total. The third kappa shape index (κ3) is 2.92. The first-order valence-electron chi connectivity index (χ1n) is 3.30. The third-order valence-electron chi connectivity index (χ3n) is 1.24. The van der Waals surface area contributed by atoms with Crippen LogP contribution >= 0.6 is 0 Å². The molecule has 0 aliphatic carbocycles. The van der Waals surface area contributed by atoms with Crippen molar-refractivity contribution in [2.75, 3.05) is 17.7 Å². The van der Waals surface area contributed by atoms with Crippen molar-refractivity contribution in [1.29, 1.82) is 0 Å². The molecule has 0 amide bonds. The Morgan fingerprint density at radius 1 is 1.25 bits per heavy atom. The molecule has 8 heavy (non-hydrogen) atoms. The Bertz CT molecular complexity index is 81.0. The molecule has 0 spiro atoms. The molecule has 1 fully saturated rings. The van der Waals surface area contributed by atoms with Gasteiger partial charge in [0.1, 0.15) is 0 Å². The van der Waals surface area contributed by atoms with Crippen molar-refractivity contribution < 1.29 is 0 Å². The molecule has 48 valence electrons. The molecule has 0 radical (unpaired) electrons. The minimum absolute atomic E-state index is 1.37. The van der Waals surface area contributed by atoms with Crippen LogP contribution in [-0.2, 0) is 0 Å². The standard InChI is InChI=1S/C3H6N.3CH3.Sn/c1-4-2-3-4;;;;/h1-3H2;3*1H3;. The van der Waals surface area contributed by atoms with Crippen LogP contribution in [0.3, 0.4) is 0 Å². The van der Waals surface area contributed by atoms with Gasteiger partial charge in [-0.15, -0.1) is 0 Å². The summed E-state index contributed by atoms with van der Waals surface area (Å²) in [5.74, 6) is 0. The molecule has 0 atom stereocenters. The molecular formula is C6H15NSn. The van der Waals surface area contributed by atoms with Gasteiger partial charge in [0.05, 0.1) is 0 Å². The summed E-state index contributed by atoms with van der Waals surface area (Å²) >= 11 is -1.37. The summed E-state index contributed by atoms with van der Waals surface area (Å²) in [5, 5.41) is 0. The quantitative estimate of drug-likeness (QED) is 0.498. The molecule has 1 aliphatic rings. The molecule has 1 rings (SSSR count).